The molecule has 8 nitrogen and oxygen atoms in total. The van der Waals surface area contributed by atoms with Gasteiger partial charge in [0.25, 0.3) is 0 Å². The molecule has 0 saturated carbocycles. The van der Waals surface area contributed by atoms with E-state index in [1.165, 1.54) is 17.1 Å². The first kappa shape index (κ1) is 14.9. The molecule has 0 aliphatic carbocycles. The van der Waals surface area contributed by atoms with Crippen LogP contribution < -0.4 is 21.1 Å². The van der Waals surface area contributed by atoms with Crippen molar-refractivity contribution in [3.8, 4) is 5.75 Å². The van der Waals surface area contributed by atoms with E-state index in [-0.39, 0.29) is 18.7 Å². The predicted molar refractivity (Wildman–Crippen MR) is 83.0 cm³/mol. The van der Waals surface area contributed by atoms with Crippen LogP contribution in [0.5, 0.6) is 5.75 Å². The van der Waals surface area contributed by atoms with E-state index in [0.29, 0.717) is 12.2 Å². The molecule has 1 aliphatic heterocycles. The van der Waals surface area contributed by atoms with Gasteiger partial charge in [-0.15, -0.1) is 0 Å². The number of nitrogens with two attached hydrogens (primary N) is 1. The average Bonchev–Trinajstić information content (AvgIpc) is 3.10. The van der Waals surface area contributed by atoms with E-state index in [2.05, 4.69) is 15.7 Å². The summed E-state index contributed by atoms with van der Waals surface area (Å²) in [5.41, 5.74) is 6.71. The summed E-state index contributed by atoms with van der Waals surface area (Å²) in [7, 11) is 0. The van der Waals surface area contributed by atoms with Crippen LogP contribution in [0.25, 0.3) is 0 Å². The molecule has 0 bridgehead atoms. The number of urea groups is 1. The highest BCUT2D eigenvalue weighted by Crippen LogP contribution is 2.27. The van der Waals surface area contributed by atoms with Gasteiger partial charge in [0.15, 0.2) is 0 Å². The fourth-order valence-electron chi connectivity index (χ4n) is 2.42. The second-order valence-electron chi connectivity index (χ2n) is 5.28. The van der Waals surface area contributed by atoms with Gasteiger partial charge in [-0.05, 0) is 11.6 Å². The van der Waals surface area contributed by atoms with Crippen LogP contribution in [0.3, 0.4) is 0 Å². The van der Waals surface area contributed by atoms with Crippen LogP contribution in [0.2, 0.25) is 0 Å². The van der Waals surface area contributed by atoms with Crippen molar-refractivity contribution >= 4 is 17.6 Å². The normalized spacial score (nSPS) is 15.6. The number of rotatable bonds is 5. The highest BCUT2D eigenvalue weighted by molar-refractivity contribution is 5.88. The summed E-state index contributed by atoms with van der Waals surface area (Å²) in [6, 6.07) is 7.47. The van der Waals surface area contributed by atoms with Gasteiger partial charge < -0.3 is 21.1 Å². The molecule has 0 fully saturated rings. The van der Waals surface area contributed by atoms with Gasteiger partial charge in [0.1, 0.15) is 18.4 Å². The number of carbonyl (C=O) groups excluding carboxylic acids is 2. The van der Waals surface area contributed by atoms with Crippen LogP contribution in [-0.2, 0) is 17.8 Å². The standard InChI is InChI=1S/C15H17N5O3/c16-14(21)9-20-8-11(6-18-20)19-15(22)17-7-12-5-10-3-1-2-4-13(10)23-12/h1-4,6,8,12H,5,7,9H2,(H2,16,21)(H2,17,19,22). The molecule has 1 aromatic carbocycles. The lowest BCUT2D eigenvalue weighted by atomic mass is 10.1. The van der Waals surface area contributed by atoms with Gasteiger partial charge in [-0.25, -0.2) is 4.79 Å². The fraction of sp³-hybridized carbons (Fsp3) is 0.267. The maximum Gasteiger partial charge on any atom is 0.319 e. The Morgan fingerprint density at radius 2 is 2.22 bits per heavy atom. The highest BCUT2D eigenvalue weighted by atomic mass is 16.5. The van der Waals surface area contributed by atoms with Crippen molar-refractivity contribution < 1.29 is 14.3 Å². The van der Waals surface area contributed by atoms with Gasteiger partial charge in [-0.1, -0.05) is 18.2 Å². The number of nitrogens with zero attached hydrogens (tertiary/aromatic N) is 2. The second-order valence-corrected chi connectivity index (χ2v) is 5.28. The Bertz CT molecular complexity index is 702. The van der Waals surface area contributed by atoms with Crippen LogP contribution in [0, 0.1) is 0 Å². The molecule has 0 spiro atoms. The first-order chi connectivity index (χ1) is 11.1. The van der Waals surface area contributed by atoms with Crippen molar-refractivity contribution in [3.05, 3.63) is 42.2 Å². The van der Waals surface area contributed by atoms with E-state index >= 15 is 0 Å². The van der Waals surface area contributed by atoms with Crippen LogP contribution in [-0.4, -0.2) is 34.4 Å². The van der Waals surface area contributed by atoms with Crippen molar-refractivity contribution in [1.82, 2.24) is 15.1 Å². The molecule has 2 heterocycles. The summed E-state index contributed by atoms with van der Waals surface area (Å²) in [5.74, 6) is 0.370. The molecule has 1 unspecified atom stereocenters. The third kappa shape index (κ3) is 3.79. The minimum Gasteiger partial charge on any atom is -0.488 e. The summed E-state index contributed by atoms with van der Waals surface area (Å²) in [4.78, 5) is 22.7. The van der Waals surface area contributed by atoms with Crippen LogP contribution in [0.1, 0.15) is 5.56 Å². The van der Waals surface area contributed by atoms with Gasteiger partial charge in [-0.2, -0.15) is 5.10 Å². The molecular formula is C15H17N5O3. The molecule has 23 heavy (non-hydrogen) atoms. The first-order valence-electron chi connectivity index (χ1n) is 7.20. The minimum absolute atomic E-state index is 0.0303. The molecular weight excluding hydrogens is 298 g/mol. The van der Waals surface area contributed by atoms with E-state index in [9.17, 15) is 9.59 Å². The van der Waals surface area contributed by atoms with Crippen LogP contribution >= 0.6 is 0 Å². The van der Waals surface area contributed by atoms with Gasteiger partial charge >= 0.3 is 6.03 Å². The fourth-order valence-corrected chi connectivity index (χ4v) is 2.42. The van der Waals surface area contributed by atoms with E-state index in [1.807, 2.05) is 24.3 Å². The van der Waals surface area contributed by atoms with E-state index in [0.717, 1.165) is 17.7 Å². The van der Waals surface area contributed by atoms with E-state index in [1.54, 1.807) is 0 Å². The molecule has 2 aromatic rings. The van der Waals surface area contributed by atoms with Gasteiger partial charge in [0.2, 0.25) is 5.91 Å². The third-order valence-corrected chi connectivity index (χ3v) is 3.41. The molecule has 0 radical (unpaired) electrons. The van der Waals surface area contributed by atoms with E-state index in [4.69, 9.17) is 10.5 Å². The number of fused-ring (bicyclic) bond motifs is 1. The van der Waals surface area contributed by atoms with Crippen molar-refractivity contribution in [3.63, 3.8) is 0 Å². The predicted octanol–water partition coefficient (Wildman–Crippen LogP) is 0.494. The Kier molecular flexibility index (Phi) is 4.13. The maximum absolute atomic E-state index is 11.9. The number of amides is 3. The largest absolute Gasteiger partial charge is 0.488 e. The molecule has 1 atom stereocenters. The molecule has 120 valence electrons. The molecule has 4 N–H and O–H groups in total. The number of primary amides is 1. The van der Waals surface area contributed by atoms with Crippen LogP contribution in [0.15, 0.2) is 36.7 Å². The highest BCUT2D eigenvalue weighted by Gasteiger charge is 2.22. The zero-order chi connectivity index (χ0) is 16.2. The number of para-hydroxylation sites is 1. The smallest absolute Gasteiger partial charge is 0.319 e. The average molecular weight is 315 g/mol. The number of hydrogen-bond donors (Lipinski definition) is 3. The SMILES string of the molecule is NC(=O)Cn1cc(NC(=O)NCC2Cc3ccccc3O2)cn1. The summed E-state index contributed by atoms with van der Waals surface area (Å²) in [6.45, 7) is 0.368. The number of aromatic nitrogens is 2. The number of ether oxygens (including phenoxy) is 1. The summed E-state index contributed by atoms with van der Waals surface area (Å²) in [6.07, 6.45) is 3.68. The minimum atomic E-state index is -0.498. The second kappa shape index (κ2) is 6.39. The van der Waals surface area contributed by atoms with Crippen molar-refractivity contribution in [1.29, 1.82) is 0 Å². The Hall–Kier alpha value is -3.03. The van der Waals surface area contributed by atoms with Crippen molar-refractivity contribution in [2.24, 2.45) is 5.73 Å². The zero-order valence-corrected chi connectivity index (χ0v) is 12.4. The zero-order valence-electron chi connectivity index (χ0n) is 12.4. The molecule has 3 amide bonds. The number of nitrogens with one attached hydrogen (secondary N) is 2. The molecule has 8 heteroatoms. The van der Waals surface area contributed by atoms with Crippen molar-refractivity contribution in [2.75, 3.05) is 11.9 Å². The molecule has 0 saturated heterocycles. The maximum atomic E-state index is 11.9. The Morgan fingerprint density at radius 3 is 3.00 bits per heavy atom. The lowest BCUT2D eigenvalue weighted by Crippen LogP contribution is -2.37. The quantitative estimate of drug-likeness (QED) is 0.745. The topological polar surface area (TPSA) is 111 Å². The first-order valence-corrected chi connectivity index (χ1v) is 7.20. The number of benzene rings is 1. The number of anilines is 1. The number of carbonyl (C=O) groups is 2. The third-order valence-electron chi connectivity index (χ3n) is 3.41. The lowest BCUT2D eigenvalue weighted by molar-refractivity contribution is -0.118. The van der Waals surface area contributed by atoms with Gasteiger partial charge in [-0.3, -0.25) is 9.48 Å². The lowest BCUT2D eigenvalue weighted by Gasteiger charge is -2.12. The van der Waals surface area contributed by atoms with Crippen molar-refractivity contribution in [2.45, 2.75) is 19.1 Å². The molecule has 1 aliphatic rings. The Balaban J connectivity index is 1.45. The summed E-state index contributed by atoms with van der Waals surface area (Å²) in [5, 5.41) is 9.32. The number of hydrogen-bond acceptors (Lipinski definition) is 4. The summed E-state index contributed by atoms with van der Waals surface area (Å²) >= 11 is 0. The Morgan fingerprint density at radius 1 is 1.39 bits per heavy atom. The van der Waals surface area contributed by atoms with E-state index < -0.39 is 5.91 Å². The molecule has 3 rings (SSSR count). The Labute approximate surface area is 132 Å². The van der Waals surface area contributed by atoms with Gasteiger partial charge in [0, 0.05) is 12.6 Å². The summed E-state index contributed by atoms with van der Waals surface area (Å²) < 4.78 is 7.10. The van der Waals surface area contributed by atoms with Crippen LogP contribution in [0.4, 0.5) is 10.5 Å². The van der Waals surface area contributed by atoms with Gasteiger partial charge in [0.05, 0.1) is 18.4 Å². The molecule has 1 aromatic heterocycles. The monoisotopic (exact) mass is 315 g/mol.